The summed E-state index contributed by atoms with van der Waals surface area (Å²) < 4.78 is 24.7. The fraction of sp³-hybridized carbons (Fsp3) is 0.235. The van der Waals surface area contributed by atoms with Crippen LogP contribution >= 0.6 is 11.8 Å². The molecule has 0 unspecified atom stereocenters. The number of ether oxygens (including phenoxy) is 2. The molecule has 3 rings (SSSR count). The standard InChI is InChI=1S/C17H16FNO3S/c1-21-11-7-8-14(15(9-11)22-2)19-16(20)10-23-17(19)12-5-3-4-6-13(12)18/h3-9,17H,10H2,1-2H3/t17-/m0/s1. The van der Waals surface area contributed by atoms with Gasteiger partial charge in [-0.05, 0) is 18.2 Å². The molecule has 1 aliphatic rings. The third kappa shape index (κ3) is 2.86. The SMILES string of the molecule is COc1ccc(N2C(=O)CS[C@H]2c2ccccc2F)c(OC)c1. The molecule has 0 saturated carbocycles. The summed E-state index contributed by atoms with van der Waals surface area (Å²) in [5, 5.41) is -0.411. The summed E-state index contributed by atoms with van der Waals surface area (Å²) in [6, 6.07) is 11.7. The topological polar surface area (TPSA) is 38.8 Å². The van der Waals surface area contributed by atoms with Crippen LogP contribution in [0.1, 0.15) is 10.9 Å². The van der Waals surface area contributed by atoms with Gasteiger partial charge in [-0.25, -0.2) is 4.39 Å². The van der Waals surface area contributed by atoms with Crippen LogP contribution in [0.5, 0.6) is 11.5 Å². The monoisotopic (exact) mass is 333 g/mol. The lowest BCUT2D eigenvalue weighted by Crippen LogP contribution is -2.28. The van der Waals surface area contributed by atoms with Crippen molar-refractivity contribution in [2.75, 3.05) is 24.9 Å². The number of rotatable bonds is 4. The van der Waals surface area contributed by atoms with Crippen molar-refractivity contribution in [3.63, 3.8) is 0 Å². The van der Waals surface area contributed by atoms with Crippen molar-refractivity contribution in [1.82, 2.24) is 0 Å². The van der Waals surface area contributed by atoms with Gasteiger partial charge in [0.2, 0.25) is 5.91 Å². The second kappa shape index (κ2) is 6.50. The molecule has 0 bridgehead atoms. The van der Waals surface area contributed by atoms with Crippen molar-refractivity contribution in [2.45, 2.75) is 5.37 Å². The first-order valence-electron chi connectivity index (χ1n) is 7.06. The van der Waals surface area contributed by atoms with Crippen LogP contribution in [0.4, 0.5) is 10.1 Å². The maximum atomic E-state index is 14.2. The summed E-state index contributed by atoms with van der Waals surface area (Å²) in [4.78, 5) is 14.0. The molecule has 1 aliphatic heterocycles. The number of anilines is 1. The lowest BCUT2D eigenvalue weighted by molar-refractivity contribution is -0.115. The van der Waals surface area contributed by atoms with E-state index in [1.165, 1.54) is 24.9 Å². The third-order valence-electron chi connectivity index (χ3n) is 3.69. The molecule has 0 aliphatic carbocycles. The van der Waals surface area contributed by atoms with Gasteiger partial charge in [0, 0.05) is 11.6 Å². The average Bonchev–Trinajstić information content (AvgIpc) is 2.96. The Labute approximate surface area is 138 Å². The Morgan fingerprint density at radius 3 is 2.65 bits per heavy atom. The predicted molar refractivity (Wildman–Crippen MR) is 88.6 cm³/mol. The summed E-state index contributed by atoms with van der Waals surface area (Å²) in [5.74, 6) is 1.05. The lowest BCUT2D eigenvalue weighted by atomic mass is 10.1. The Morgan fingerprint density at radius 1 is 1.17 bits per heavy atom. The van der Waals surface area contributed by atoms with Gasteiger partial charge in [0.1, 0.15) is 22.7 Å². The van der Waals surface area contributed by atoms with E-state index in [-0.39, 0.29) is 11.7 Å². The second-order valence-corrected chi connectivity index (χ2v) is 6.05. The number of carbonyl (C=O) groups is 1. The van der Waals surface area contributed by atoms with E-state index in [2.05, 4.69) is 0 Å². The highest BCUT2D eigenvalue weighted by molar-refractivity contribution is 8.00. The average molecular weight is 333 g/mol. The van der Waals surface area contributed by atoms with Crippen LogP contribution in [-0.2, 0) is 4.79 Å². The number of benzene rings is 2. The summed E-state index contributed by atoms with van der Waals surface area (Å²) in [6.07, 6.45) is 0. The third-order valence-corrected chi connectivity index (χ3v) is 4.88. The minimum Gasteiger partial charge on any atom is -0.497 e. The highest BCUT2D eigenvalue weighted by Gasteiger charge is 2.37. The van der Waals surface area contributed by atoms with Crippen LogP contribution in [0.3, 0.4) is 0 Å². The molecule has 1 fully saturated rings. The zero-order valence-corrected chi connectivity index (χ0v) is 13.6. The van der Waals surface area contributed by atoms with E-state index in [1.54, 1.807) is 48.4 Å². The maximum absolute atomic E-state index is 14.2. The number of hydrogen-bond donors (Lipinski definition) is 0. The summed E-state index contributed by atoms with van der Waals surface area (Å²) in [5.41, 5.74) is 1.10. The predicted octanol–water partition coefficient (Wildman–Crippen LogP) is 3.62. The molecule has 1 saturated heterocycles. The van der Waals surface area contributed by atoms with Gasteiger partial charge in [-0.3, -0.25) is 9.69 Å². The fourth-order valence-electron chi connectivity index (χ4n) is 2.57. The molecule has 4 nitrogen and oxygen atoms in total. The van der Waals surface area contributed by atoms with Crippen LogP contribution in [0, 0.1) is 5.82 Å². The lowest BCUT2D eigenvalue weighted by Gasteiger charge is -2.26. The number of thioether (sulfide) groups is 1. The molecule has 0 spiro atoms. The molecule has 6 heteroatoms. The van der Waals surface area contributed by atoms with Crippen LogP contribution in [-0.4, -0.2) is 25.9 Å². The minimum absolute atomic E-state index is 0.0771. The Hall–Kier alpha value is -2.21. The van der Waals surface area contributed by atoms with E-state index in [9.17, 15) is 9.18 Å². The fourth-order valence-corrected chi connectivity index (χ4v) is 3.76. The number of halogens is 1. The van der Waals surface area contributed by atoms with Gasteiger partial charge in [0.25, 0.3) is 0 Å². The molecule has 1 amide bonds. The van der Waals surface area contributed by atoms with Crippen LogP contribution < -0.4 is 14.4 Å². The van der Waals surface area contributed by atoms with Gasteiger partial charge in [-0.2, -0.15) is 0 Å². The Morgan fingerprint density at radius 2 is 1.96 bits per heavy atom. The van der Waals surface area contributed by atoms with E-state index in [1.807, 2.05) is 0 Å². The smallest absolute Gasteiger partial charge is 0.238 e. The van der Waals surface area contributed by atoms with Gasteiger partial charge >= 0.3 is 0 Å². The number of nitrogens with zero attached hydrogens (tertiary/aromatic N) is 1. The first-order chi connectivity index (χ1) is 11.2. The van der Waals surface area contributed by atoms with E-state index < -0.39 is 5.37 Å². The largest absolute Gasteiger partial charge is 0.497 e. The van der Waals surface area contributed by atoms with Crippen molar-refractivity contribution in [2.24, 2.45) is 0 Å². The molecular formula is C17H16FNO3S. The van der Waals surface area contributed by atoms with Gasteiger partial charge in [-0.15, -0.1) is 11.8 Å². The van der Waals surface area contributed by atoms with Crippen molar-refractivity contribution in [3.05, 3.63) is 53.8 Å². The maximum Gasteiger partial charge on any atom is 0.238 e. The second-order valence-electron chi connectivity index (χ2n) is 4.99. The molecule has 23 heavy (non-hydrogen) atoms. The van der Waals surface area contributed by atoms with Gasteiger partial charge in [0.05, 0.1) is 25.7 Å². The van der Waals surface area contributed by atoms with Gasteiger partial charge in [0.15, 0.2) is 0 Å². The van der Waals surface area contributed by atoms with E-state index in [4.69, 9.17) is 9.47 Å². The summed E-state index contributed by atoms with van der Waals surface area (Å²) >= 11 is 1.40. The zero-order valence-electron chi connectivity index (χ0n) is 12.8. The first kappa shape index (κ1) is 15.7. The van der Waals surface area contributed by atoms with Crippen molar-refractivity contribution < 1.29 is 18.7 Å². The minimum atomic E-state index is -0.411. The summed E-state index contributed by atoms with van der Waals surface area (Å²) in [7, 11) is 3.09. The Kier molecular flexibility index (Phi) is 4.43. The normalized spacial score (nSPS) is 17.4. The Bertz CT molecular complexity index is 738. The van der Waals surface area contributed by atoms with Crippen LogP contribution in [0.2, 0.25) is 0 Å². The first-order valence-corrected chi connectivity index (χ1v) is 8.10. The highest BCUT2D eigenvalue weighted by atomic mass is 32.2. The number of carbonyl (C=O) groups excluding carboxylic acids is 1. The molecule has 2 aromatic rings. The quantitative estimate of drug-likeness (QED) is 0.857. The molecule has 2 aromatic carbocycles. The molecule has 0 aromatic heterocycles. The van der Waals surface area contributed by atoms with Gasteiger partial charge in [-0.1, -0.05) is 18.2 Å². The molecular weight excluding hydrogens is 317 g/mol. The highest BCUT2D eigenvalue weighted by Crippen LogP contribution is 2.46. The zero-order chi connectivity index (χ0) is 16.4. The number of amides is 1. The van der Waals surface area contributed by atoms with E-state index in [0.717, 1.165) is 0 Å². The Balaban J connectivity index is 2.06. The van der Waals surface area contributed by atoms with E-state index in [0.29, 0.717) is 28.5 Å². The molecule has 1 atom stereocenters. The number of hydrogen-bond acceptors (Lipinski definition) is 4. The molecule has 0 N–H and O–H groups in total. The van der Waals surface area contributed by atoms with Crippen molar-refractivity contribution in [1.29, 1.82) is 0 Å². The van der Waals surface area contributed by atoms with Crippen LogP contribution in [0.15, 0.2) is 42.5 Å². The van der Waals surface area contributed by atoms with E-state index >= 15 is 0 Å². The molecule has 120 valence electrons. The number of methoxy groups -OCH3 is 2. The van der Waals surface area contributed by atoms with Gasteiger partial charge < -0.3 is 9.47 Å². The molecule has 0 radical (unpaired) electrons. The van der Waals surface area contributed by atoms with Crippen molar-refractivity contribution >= 4 is 23.4 Å². The summed E-state index contributed by atoms with van der Waals surface area (Å²) in [6.45, 7) is 0. The van der Waals surface area contributed by atoms with Crippen molar-refractivity contribution in [3.8, 4) is 11.5 Å². The molecule has 1 heterocycles. The van der Waals surface area contributed by atoms with Crippen LogP contribution in [0.25, 0.3) is 0 Å².